The molecule has 0 aliphatic rings. The second-order valence-corrected chi connectivity index (χ2v) is 6.96. The zero-order valence-corrected chi connectivity index (χ0v) is 15.9. The Bertz CT molecular complexity index is 1000. The molecule has 1 heterocycles. The van der Waals surface area contributed by atoms with Crippen LogP contribution in [0.25, 0.3) is 22.3 Å². The van der Waals surface area contributed by atoms with Crippen molar-refractivity contribution in [3.8, 4) is 11.3 Å². The number of aryl methyl sites for hydroxylation is 1. The van der Waals surface area contributed by atoms with Gasteiger partial charge in [-0.25, -0.2) is 0 Å². The van der Waals surface area contributed by atoms with Crippen molar-refractivity contribution < 1.29 is 9.21 Å². The van der Waals surface area contributed by atoms with E-state index >= 15 is 0 Å². The van der Waals surface area contributed by atoms with E-state index in [2.05, 4.69) is 10.2 Å². The van der Waals surface area contributed by atoms with E-state index in [1.807, 2.05) is 39.2 Å². The number of nitrogens with one attached hydrogen (secondary N) is 1. The standard InChI is InChI=1S/C22H24N2O3/c1-15-5-10-20-18(13-15)19(25)14-21(27-20)16-6-8-17(9-7-16)22(26)23-11-4-12-24(2)3/h5-10,13-14H,4,11-12H2,1-3H3,(H,23,26). The van der Waals surface area contributed by atoms with Gasteiger partial charge in [0, 0.05) is 23.7 Å². The second kappa shape index (κ2) is 8.18. The molecule has 140 valence electrons. The van der Waals surface area contributed by atoms with Gasteiger partial charge in [0.2, 0.25) is 0 Å². The Labute approximate surface area is 158 Å². The van der Waals surface area contributed by atoms with Crippen molar-refractivity contribution in [2.75, 3.05) is 27.2 Å². The van der Waals surface area contributed by atoms with E-state index in [1.165, 1.54) is 6.07 Å². The third kappa shape index (κ3) is 4.63. The molecule has 0 unspecified atom stereocenters. The molecule has 0 aliphatic heterocycles. The van der Waals surface area contributed by atoms with Crippen molar-refractivity contribution in [1.82, 2.24) is 10.2 Å². The van der Waals surface area contributed by atoms with Crippen molar-refractivity contribution in [2.45, 2.75) is 13.3 Å². The summed E-state index contributed by atoms with van der Waals surface area (Å²) in [5.74, 6) is 0.394. The van der Waals surface area contributed by atoms with E-state index in [0.717, 1.165) is 24.1 Å². The number of benzene rings is 2. The summed E-state index contributed by atoms with van der Waals surface area (Å²) in [6.07, 6.45) is 0.901. The number of amides is 1. The molecular formula is C22H24N2O3. The van der Waals surface area contributed by atoms with Crippen LogP contribution in [0.1, 0.15) is 22.3 Å². The molecule has 0 bridgehead atoms. The Morgan fingerprint density at radius 1 is 1.07 bits per heavy atom. The van der Waals surface area contributed by atoms with Crippen LogP contribution >= 0.6 is 0 Å². The lowest BCUT2D eigenvalue weighted by Crippen LogP contribution is -2.27. The van der Waals surface area contributed by atoms with Crippen LogP contribution < -0.4 is 10.7 Å². The monoisotopic (exact) mass is 364 g/mol. The lowest BCUT2D eigenvalue weighted by Gasteiger charge is -2.10. The summed E-state index contributed by atoms with van der Waals surface area (Å²) in [6, 6.07) is 14.1. The molecule has 0 fully saturated rings. The lowest BCUT2D eigenvalue weighted by molar-refractivity contribution is 0.0952. The van der Waals surface area contributed by atoms with Crippen LogP contribution in [0.2, 0.25) is 0 Å². The van der Waals surface area contributed by atoms with Crippen LogP contribution in [0.3, 0.4) is 0 Å². The number of hydrogen-bond acceptors (Lipinski definition) is 4. The van der Waals surface area contributed by atoms with Gasteiger partial charge in [-0.2, -0.15) is 0 Å². The topological polar surface area (TPSA) is 62.6 Å². The van der Waals surface area contributed by atoms with Crippen molar-refractivity contribution in [2.24, 2.45) is 0 Å². The Morgan fingerprint density at radius 2 is 1.81 bits per heavy atom. The second-order valence-electron chi connectivity index (χ2n) is 6.96. The van der Waals surface area contributed by atoms with Gasteiger partial charge in [0.05, 0.1) is 5.39 Å². The SMILES string of the molecule is Cc1ccc2oc(-c3ccc(C(=O)NCCCN(C)C)cc3)cc(=O)c2c1. The molecule has 0 spiro atoms. The first kappa shape index (κ1) is 18.9. The molecular weight excluding hydrogens is 340 g/mol. The predicted octanol–water partition coefficient (Wildman–Crippen LogP) is 3.45. The molecule has 0 aliphatic carbocycles. The molecule has 0 saturated heterocycles. The number of rotatable bonds is 6. The fraction of sp³-hybridized carbons (Fsp3) is 0.273. The maximum Gasteiger partial charge on any atom is 0.251 e. The molecule has 0 saturated carbocycles. The van der Waals surface area contributed by atoms with Gasteiger partial charge in [-0.15, -0.1) is 0 Å². The third-order valence-electron chi connectivity index (χ3n) is 4.38. The minimum atomic E-state index is -0.101. The molecule has 1 aromatic heterocycles. The van der Waals surface area contributed by atoms with Crippen LogP contribution in [-0.2, 0) is 0 Å². The Morgan fingerprint density at radius 3 is 2.52 bits per heavy atom. The highest BCUT2D eigenvalue weighted by Crippen LogP contribution is 2.23. The van der Waals surface area contributed by atoms with Gasteiger partial charge < -0.3 is 14.6 Å². The summed E-state index contributed by atoms with van der Waals surface area (Å²) in [5, 5.41) is 3.49. The van der Waals surface area contributed by atoms with Gasteiger partial charge in [0.1, 0.15) is 11.3 Å². The average Bonchev–Trinajstić information content (AvgIpc) is 2.65. The molecule has 1 amide bonds. The van der Waals surface area contributed by atoms with Crippen molar-refractivity contribution in [3.05, 3.63) is 69.9 Å². The first-order valence-corrected chi connectivity index (χ1v) is 9.02. The summed E-state index contributed by atoms with van der Waals surface area (Å²) in [4.78, 5) is 26.7. The smallest absolute Gasteiger partial charge is 0.251 e. The predicted molar refractivity (Wildman–Crippen MR) is 108 cm³/mol. The zero-order valence-electron chi connectivity index (χ0n) is 15.9. The van der Waals surface area contributed by atoms with Crippen LogP contribution in [0.5, 0.6) is 0 Å². The van der Waals surface area contributed by atoms with Crippen LogP contribution in [0.4, 0.5) is 0 Å². The maximum atomic E-state index is 12.4. The first-order valence-electron chi connectivity index (χ1n) is 9.02. The fourth-order valence-electron chi connectivity index (χ4n) is 2.90. The van der Waals surface area contributed by atoms with Gasteiger partial charge in [-0.05, 0) is 58.3 Å². The van der Waals surface area contributed by atoms with Gasteiger partial charge in [-0.1, -0.05) is 23.8 Å². The van der Waals surface area contributed by atoms with Gasteiger partial charge in [0.15, 0.2) is 5.43 Å². The Kier molecular flexibility index (Phi) is 5.72. The molecule has 3 aromatic rings. The van der Waals surface area contributed by atoms with E-state index in [1.54, 1.807) is 24.3 Å². The summed E-state index contributed by atoms with van der Waals surface area (Å²) < 4.78 is 5.88. The number of fused-ring (bicyclic) bond motifs is 1. The summed E-state index contributed by atoms with van der Waals surface area (Å²) in [6.45, 7) is 3.51. The normalized spacial score (nSPS) is 11.1. The molecule has 3 rings (SSSR count). The molecule has 27 heavy (non-hydrogen) atoms. The lowest BCUT2D eigenvalue weighted by atomic mass is 10.1. The summed E-state index contributed by atoms with van der Waals surface area (Å²) in [7, 11) is 4.01. The molecule has 0 radical (unpaired) electrons. The fourth-order valence-corrected chi connectivity index (χ4v) is 2.90. The van der Waals surface area contributed by atoms with Crippen molar-refractivity contribution in [3.63, 3.8) is 0 Å². The number of carbonyl (C=O) groups is 1. The van der Waals surface area contributed by atoms with E-state index in [4.69, 9.17) is 4.42 Å². The minimum Gasteiger partial charge on any atom is -0.456 e. The maximum absolute atomic E-state index is 12.4. The molecule has 1 N–H and O–H groups in total. The van der Waals surface area contributed by atoms with E-state index in [9.17, 15) is 9.59 Å². The molecule has 0 atom stereocenters. The largest absolute Gasteiger partial charge is 0.456 e. The number of nitrogens with zero attached hydrogens (tertiary/aromatic N) is 1. The number of carbonyl (C=O) groups excluding carboxylic acids is 1. The Hall–Kier alpha value is -2.92. The highest BCUT2D eigenvalue weighted by atomic mass is 16.3. The third-order valence-corrected chi connectivity index (χ3v) is 4.38. The van der Waals surface area contributed by atoms with Crippen molar-refractivity contribution >= 4 is 16.9 Å². The zero-order chi connectivity index (χ0) is 19.4. The van der Waals surface area contributed by atoms with Gasteiger partial charge in [0.25, 0.3) is 5.91 Å². The highest BCUT2D eigenvalue weighted by Gasteiger charge is 2.09. The molecule has 5 heteroatoms. The minimum absolute atomic E-state index is 0.0716. The molecule has 5 nitrogen and oxygen atoms in total. The Balaban J connectivity index is 1.75. The molecule has 2 aromatic carbocycles. The van der Waals surface area contributed by atoms with Crippen LogP contribution in [-0.4, -0.2) is 38.0 Å². The van der Waals surface area contributed by atoms with Crippen LogP contribution in [0, 0.1) is 6.92 Å². The summed E-state index contributed by atoms with van der Waals surface area (Å²) >= 11 is 0. The van der Waals surface area contributed by atoms with E-state index < -0.39 is 0 Å². The van der Waals surface area contributed by atoms with E-state index in [-0.39, 0.29) is 11.3 Å². The van der Waals surface area contributed by atoms with Crippen LogP contribution in [0.15, 0.2) is 57.7 Å². The van der Waals surface area contributed by atoms with Gasteiger partial charge >= 0.3 is 0 Å². The van der Waals surface area contributed by atoms with E-state index in [0.29, 0.717) is 28.8 Å². The first-order chi connectivity index (χ1) is 12.9. The number of hydrogen-bond donors (Lipinski definition) is 1. The summed E-state index contributed by atoms with van der Waals surface area (Å²) in [5.41, 5.74) is 2.85. The van der Waals surface area contributed by atoms with Crippen molar-refractivity contribution in [1.29, 1.82) is 0 Å². The highest BCUT2D eigenvalue weighted by molar-refractivity contribution is 5.94. The average molecular weight is 364 g/mol. The quantitative estimate of drug-likeness (QED) is 0.681. The van der Waals surface area contributed by atoms with Gasteiger partial charge in [-0.3, -0.25) is 9.59 Å².